The van der Waals surface area contributed by atoms with Crippen molar-refractivity contribution in [1.82, 2.24) is 15.1 Å². The predicted molar refractivity (Wildman–Crippen MR) is 69.6 cm³/mol. The molecule has 2 aromatic rings. The molecule has 1 aromatic carbocycles. The Labute approximate surface area is 115 Å². The zero-order valence-corrected chi connectivity index (χ0v) is 11.3. The van der Waals surface area contributed by atoms with Crippen LogP contribution in [0.3, 0.4) is 0 Å². The first-order valence-corrected chi connectivity index (χ1v) is 6.37. The summed E-state index contributed by atoms with van der Waals surface area (Å²) in [6.45, 7) is 2.37. The number of aromatic nitrogens is 2. The molecular formula is C14H16F3N3. The topological polar surface area (TPSA) is 29.9 Å². The smallest absolute Gasteiger partial charge is 0.133 e. The van der Waals surface area contributed by atoms with Gasteiger partial charge in [0.05, 0.1) is 5.69 Å². The van der Waals surface area contributed by atoms with E-state index in [0.717, 1.165) is 0 Å². The highest BCUT2D eigenvalue weighted by Crippen LogP contribution is 2.24. The van der Waals surface area contributed by atoms with Gasteiger partial charge in [-0.25, -0.2) is 13.2 Å². The van der Waals surface area contributed by atoms with Crippen LogP contribution in [0.1, 0.15) is 24.2 Å². The monoisotopic (exact) mass is 283 g/mol. The van der Waals surface area contributed by atoms with Crippen LogP contribution in [0.25, 0.3) is 0 Å². The van der Waals surface area contributed by atoms with Crippen LogP contribution in [-0.2, 0) is 13.5 Å². The number of hydrogen-bond acceptors (Lipinski definition) is 2. The maximum atomic E-state index is 13.8. The second-order valence-electron chi connectivity index (χ2n) is 4.58. The molecule has 0 aliphatic rings. The van der Waals surface area contributed by atoms with Crippen LogP contribution in [0.5, 0.6) is 0 Å². The largest absolute Gasteiger partial charge is 0.310 e. The van der Waals surface area contributed by atoms with Crippen molar-refractivity contribution in [2.45, 2.75) is 19.4 Å². The summed E-state index contributed by atoms with van der Waals surface area (Å²) in [7, 11) is 1.77. The summed E-state index contributed by atoms with van der Waals surface area (Å²) in [6.07, 6.45) is 2.09. The van der Waals surface area contributed by atoms with Crippen LogP contribution < -0.4 is 5.32 Å². The summed E-state index contributed by atoms with van der Waals surface area (Å²) in [4.78, 5) is 0. The van der Waals surface area contributed by atoms with Gasteiger partial charge in [-0.05, 0) is 12.6 Å². The van der Waals surface area contributed by atoms with Crippen LogP contribution in [0.2, 0.25) is 0 Å². The van der Waals surface area contributed by atoms with Gasteiger partial charge in [0, 0.05) is 43.4 Å². The SMILES string of the molecule is CCNC(Cc1ccn(C)n1)c1c(F)cc(F)cc1F. The first-order chi connectivity index (χ1) is 9.51. The van der Waals surface area contributed by atoms with Gasteiger partial charge in [-0.1, -0.05) is 6.92 Å². The van der Waals surface area contributed by atoms with E-state index >= 15 is 0 Å². The van der Waals surface area contributed by atoms with Crippen molar-refractivity contribution in [3.63, 3.8) is 0 Å². The van der Waals surface area contributed by atoms with Gasteiger partial charge < -0.3 is 5.32 Å². The molecule has 2 rings (SSSR count). The first-order valence-electron chi connectivity index (χ1n) is 6.37. The highest BCUT2D eigenvalue weighted by Gasteiger charge is 2.22. The molecule has 20 heavy (non-hydrogen) atoms. The Morgan fingerprint density at radius 3 is 2.40 bits per heavy atom. The minimum atomic E-state index is -0.920. The van der Waals surface area contributed by atoms with E-state index in [9.17, 15) is 13.2 Å². The fourth-order valence-electron chi connectivity index (χ4n) is 2.19. The van der Waals surface area contributed by atoms with Crippen LogP contribution in [0.4, 0.5) is 13.2 Å². The third kappa shape index (κ3) is 3.19. The standard InChI is InChI=1S/C14H16F3N3/c1-3-18-13(8-10-4-5-20(2)19-10)14-11(16)6-9(15)7-12(14)17/h4-7,13,18H,3,8H2,1-2H3. The Hall–Kier alpha value is -1.82. The molecule has 1 aromatic heterocycles. The molecule has 1 unspecified atom stereocenters. The maximum Gasteiger partial charge on any atom is 0.133 e. The normalized spacial score (nSPS) is 12.7. The summed E-state index contributed by atoms with van der Waals surface area (Å²) in [6, 6.07) is 2.59. The summed E-state index contributed by atoms with van der Waals surface area (Å²) in [5.41, 5.74) is 0.556. The zero-order valence-electron chi connectivity index (χ0n) is 11.3. The van der Waals surface area contributed by atoms with Gasteiger partial charge in [-0.2, -0.15) is 5.10 Å². The lowest BCUT2D eigenvalue weighted by Crippen LogP contribution is -2.25. The highest BCUT2D eigenvalue weighted by molar-refractivity contribution is 5.25. The maximum absolute atomic E-state index is 13.8. The van der Waals surface area contributed by atoms with Crippen LogP contribution in [0, 0.1) is 17.5 Å². The van der Waals surface area contributed by atoms with Crippen molar-refractivity contribution >= 4 is 0 Å². The van der Waals surface area contributed by atoms with Crippen molar-refractivity contribution < 1.29 is 13.2 Å². The average Bonchev–Trinajstić information content (AvgIpc) is 2.73. The van der Waals surface area contributed by atoms with E-state index in [1.54, 1.807) is 24.0 Å². The third-order valence-electron chi connectivity index (χ3n) is 3.02. The molecule has 0 aliphatic carbocycles. The van der Waals surface area contributed by atoms with Gasteiger partial charge >= 0.3 is 0 Å². The third-order valence-corrected chi connectivity index (χ3v) is 3.02. The first kappa shape index (κ1) is 14.6. The Morgan fingerprint density at radius 2 is 1.90 bits per heavy atom. The molecule has 1 N–H and O–H groups in total. The van der Waals surface area contributed by atoms with Crippen molar-refractivity contribution in [3.8, 4) is 0 Å². The van der Waals surface area contributed by atoms with Crippen LogP contribution in [-0.4, -0.2) is 16.3 Å². The molecule has 108 valence electrons. The van der Waals surface area contributed by atoms with E-state index in [0.29, 0.717) is 30.8 Å². The molecule has 0 amide bonds. The Bertz CT molecular complexity index is 572. The second kappa shape index (κ2) is 6.09. The van der Waals surface area contributed by atoms with Crippen molar-refractivity contribution in [2.24, 2.45) is 7.05 Å². The fourth-order valence-corrected chi connectivity index (χ4v) is 2.19. The van der Waals surface area contributed by atoms with E-state index in [4.69, 9.17) is 0 Å². The average molecular weight is 283 g/mol. The van der Waals surface area contributed by atoms with Gasteiger partial charge in [0.1, 0.15) is 17.5 Å². The molecule has 1 heterocycles. The van der Waals surface area contributed by atoms with E-state index in [2.05, 4.69) is 10.4 Å². The van der Waals surface area contributed by atoms with E-state index in [1.807, 2.05) is 6.92 Å². The number of nitrogens with one attached hydrogen (secondary N) is 1. The van der Waals surface area contributed by atoms with Gasteiger partial charge in [-0.15, -0.1) is 0 Å². The number of rotatable bonds is 5. The summed E-state index contributed by atoms with van der Waals surface area (Å²) < 4.78 is 42.3. The Morgan fingerprint density at radius 1 is 1.25 bits per heavy atom. The van der Waals surface area contributed by atoms with Crippen molar-refractivity contribution in [2.75, 3.05) is 6.54 Å². The summed E-state index contributed by atoms with van der Waals surface area (Å²) >= 11 is 0. The number of hydrogen-bond donors (Lipinski definition) is 1. The number of benzene rings is 1. The number of aryl methyl sites for hydroxylation is 1. The molecule has 0 aliphatic heterocycles. The van der Waals surface area contributed by atoms with E-state index < -0.39 is 23.5 Å². The highest BCUT2D eigenvalue weighted by atomic mass is 19.1. The molecule has 0 spiro atoms. The molecule has 0 saturated carbocycles. The molecule has 6 heteroatoms. The molecule has 3 nitrogen and oxygen atoms in total. The predicted octanol–water partition coefficient (Wildman–Crippen LogP) is 2.73. The van der Waals surface area contributed by atoms with Gasteiger partial charge in [0.15, 0.2) is 0 Å². The van der Waals surface area contributed by atoms with Gasteiger partial charge in [0.25, 0.3) is 0 Å². The van der Waals surface area contributed by atoms with Crippen molar-refractivity contribution in [1.29, 1.82) is 0 Å². The number of halogens is 3. The quantitative estimate of drug-likeness (QED) is 0.914. The molecule has 0 bridgehead atoms. The molecular weight excluding hydrogens is 267 g/mol. The van der Waals surface area contributed by atoms with E-state index in [1.165, 1.54) is 0 Å². The Balaban J connectivity index is 2.33. The minimum absolute atomic E-state index is 0.154. The summed E-state index contributed by atoms with van der Waals surface area (Å²) in [5, 5.41) is 7.20. The molecule has 0 fully saturated rings. The summed E-state index contributed by atoms with van der Waals surface area (Å²) in [5.74, 6) is -2.69. The van der Waals surface area contributed by atoms with Crippen LogP contribution >= 0.6 is 0 Å². The molecule has 0 saturated heterocycles. The lowest BCUT2D eigenvalue weighted by Gasteiger charge is -2.18. The number of nitrogens with zero attached hydrogens (tertiary/aromatic N) is 2. The Kier molecular flexibility index (Phi) is 4.44. The van der Waals surface area contributed by atoms with Crippen LogP contribution in [0.15, 0.2) is 24.4 Å². The zero-order chi connectivity index (χ0) is 14.7. The molecule has 1 atom stereocenters. The molecule has 0 radical (unpaired) electrons. The lowest BCUT2D eigenvalue weighted by atomic mass is 10.0. The van der Waals surface area contributed by atoms with Gasteiger partial charge in [0.2, 0.25) is 0 Å². The minimum Gasteiger partial charge on any atom is -0.310 e. The fraction of sp³-hybridized carbons (Fsp3) is 0.357. The number of likely N-dealkylation sites (N-methyl/N-ethyl adjacent to an activating group) is 1. The van der Waals surface area contributed by atoms with Crippen molar-refractivity contribution in [3.05, 3.63) is 53.1 Å². The lowest BCUT2D eigenvalue weighted by molar-refractivity contribution is 0.459. The second-order valence-corrected chi connectivity index (χ2v) is 4.58. The van der Waals surface area contributed by atoms with Gasteiger partial charge in [-0.3, -0.25) is 4.68 Å². The van der Waals surface area contributed by atoms with E-state index in [-0.39, 0.29) is 5.56 Å².